The molecule has 0 bridgehead atoms. The second kappa shape index (κ2) is 6.01. The van der Waals surface area contributed by atoms with Crippen molar-refractivity contribution in [3.8, 4) is 0 Å². The predicted molar refractivity (Wildman–Crippen MR) is 79.0 cm³/mol. The van der Waals surface area contributed by atoms with Gasteiger partial charge < -0.3 is 5.32 Å². The van der Waals surface area contributed by atoms with Gasteiger partial charge in [-0.05, 0) is 43.7 Å². The molecule has 98 valence electrons. The topological polar surface area (TPSA) is 12.0 Å². The molecule has 0 spiro atoms. The molecule has 0 aliphatic heterocycles. The lowest BCUT2D eigenvalue weighted by Crippen LogP contribution is -2.34. The van der Waals surface area contributed by atoms with E-state index in [2.05, 4.69) is 52.9 Å². The number of hydrogen-bond donors (Lipinski definition) is 1. The summed E-state index contributed by atoms with van der Waals surface area (Å²) in [5.41, 5.74) is 1.86. The van der Waals surface area contributed by atoms with Crippen LogP contribution in [0.15, 0.2) is 6.07 Å². The molecule has 2 heteroatoms. The Morgan fingerprint density at radius 1 is 1.29 bits per heavy atom. The summed E-state index contributed by atoms with van der Waals surface area (Å²) in [7, 11) is 0. The molecule has 0 saturated heterocycles. The normalized spacial score (nSPS) is 12.4. The molecule has 0 fully saturated rings. The van der Waals surface area contributed by atoms with Crippen molar-refractivity contribution in [2.24, 2.45) is 5.41 Å². The summed E-state index contributed by atoms with van der Waals surface area (Å²) in [6.07, 6.45) is 2.48. The molecule has 0 aliphatic carbocycles. The quantitative estimate of drug-likeness (QED) is 0.796. The van der Waals surface area contributed by atoms with Crippen LogP contribution < -0.4 is 5.32 Å². The maximum atomic E-state index is 3.55. The van der Waals surface area contributed by atoms with Crippen molar-refractivity contribution >= 4 is 11.3 Å². The average molecular weight is 253 g/mol. The summed E-state index contributed by atoms with van der Waals surface area (Å²) < 4.78 is 0. The van der Waals surface area contributed by atoms with E-state index in [-0.39, 0.29) is 0 Å². The first-order valence-electron chi connectivity index (χ1n) is 6.59. The molecule has 0 saturated carbocycles. The monoisotopic (exact) mass is 253 g/mol. The molecule has 0 unspecified atom stereocenters. The van der Waals surface area contributed by atoms with Crippen molar-refractivity contribution in [1.29, 1.82) is 0 Å². The van der Waals surface area contributed by atoms with Crippen LogP contribution in [-0.2, 0) is 6.42 Å². The molecular formula is C15H27NS. The summed E-state index contributed by atoms with van der Waals surface area (Å²) >= 11 is 1.96. The van der Waals surface area contributed by atoms with Gasteiger partial charge in [-0.15, -0.1) is 11.3 Å². The summed E-state index contributed by atoms with van der Waals surface area (Å²) in [6.45, 7) is 14.7. The Labute approximate surface area is 111 Å². The van der Waals surface area contributed by atoms with Crippen molar-refractivity contribution in [3.63, 3.8) is 0 Å². The van der Waals surface area contributed by atoms with Crippen LogP contribution >= 0.6 is 11.3 Å². The fourth-order valence-electron chi connectivity index (χ4n) is 1.96. The lowest BCUT2D eigenvalue weighted by molar-refractivity contribution is 0.305. The van der Waals surface area contributed by atoms with Gasteiger partial charge in [-0.25, -0.2) is 0 Å². The molecule has 1 heterocycles. The molecule has 1 N–H and O–H groups in total. The number of hydrogen-bond acceptors (Lipinski definition) is 2. The molecule has 0 atom stereocenters. The van der Waals surface area contributed by atoms with E-state index in [0.717, 1.165) is 6.54 Å². The molecule has 17 heavy (non-hydrogen) atoms. The second-order valence-electron chi connectivity index (χ2n) is 6.16. The molecule has 0 aliphatic rings. The molecule has 1 aromatic rings. The van der Waals surface area contributed by atoms with Gasteiger partial charge in [0.05, 0.1) is 0 Å². The molecule has 1 nitrogen and oxygen atoms in total. The maximum Gasteiger partial charge on any atom is 0.00774 e. The lowest BCUT2D eigenvalue weighted by atomic mass is 9.87. The molecule has 0 aromatic carbocycles. The Hall–Kier alpha value is -0.340. The third-order valence-electron chi connectivity index (χ3n) is 3.16. The van der Waals surface area contributed by atoms with E-state index in [9.17, 15) is 0 Å². The van der Waals surface area contributed by atoms with Crippen molar-refractivity contribution in [2.45, 2.75) is 60.4 Å². The van der Waals surface area contributed by atoms with Gasteiger partial charge in [0.2, 0.25) is 0 Å². The van der Waals surface area contributed by atoms with Gasteiger partial charge in [-0.1, -0.05) is 27.7 Å². The summed E-state index contributed by atoms with van der Waals surface area (Å²) in [4.78, 5) is 3.01. The first kappa shape index (κ1) is 14.7. The van der Waals surface area contributed by atoms with Gasteiger partial charge in [-0.2, -0.15) is 0 Å². The number of thiophene rings is 1. The predicted octanol–water partition coefficient (Wildman–Crippen LogP) is 4.32. The van der Waals surface area contributed by atoms with Crippen molar-refractivity contribution in [3.05, 3.63) is 21.4 Å². The Balaban J connectivity index is 2.46. The minimum Gasteiger partial charge on any atom is -0.314 e. The molecule has 1 rings (SSSR count). The highest BCUT2D eigenvalue weighted by Crippen LogP contribution is 2.27. The Morgan fingerprint density at radius 2 is 1.94 bits per heavy atom. The number of nitrogens with one attached hydrogen (secondary N) is 1. The van der Waals surface area contributed by atoms with Crippen molar-refractivity contribution in [1.82, 2.24) is 5.32 Å². The van der Waals surface area contributed by atoms with Crippen LogP contribution in [0.3, 0.4) is 0 Å². The van der Waals surface area contributed by atoms with Crippen LogP contribution in [-0.4, -0.2) is 12.6 Å². The van der Waals surface area contributed by atoms with Crippen molar-refractivity contribution < 1.29 is 0 Å². The zero-order valence-corrected chi connectivity index (χ0v) is 13.0. The second-order valence-corrected chi connectivity index (χ2v) is 7.50. The molecule has 1 aromatic heterocycles. The van der Waals surface area contributed by atoms with Gasteiger partial charge >= 0.3 is 0 Å². The highest BCUT2D eigenvalue weighted by Gasteiger charge is 2.18. The smallest absolute Gasteiger partial charge is 0.00774 e. The number of rotatable bonds is 6. The fraction of sp³-hybridized carbons (Fsp3) is 0.733. The van der Waals surface area contributed by atoms with Crippen LogP contribution in [0.1, 0.15) is 49.4 Å². The SMILES string of the molecule is Cc1cc(C)c(CCC(C)(C)CNC(C)C)s1. The average Bonchev–Trinajstić information content (AvgIpc) is 2.52. The third kappa shape index (κ3) is 5.22. The lowest BCUT2D eigenvalue weighted by Gasteiger charge is -2.26. The van der Waals surface area contributed by atoms with Gasteiger partial charge in [-0.3, -0.25) is 0 Å². The Bertz CT molecular complexity index is 350. The van der Waals surface area contributed by atoms with E-state index in [4.69, 9.17) is 0 Å². The zero-order valence-electron chi connectivity index (χ0n) is 12.2. The van der Waals surface area contributed by atoms with Gasteiger partial charge in [0.25, 0.3) is 0 Å². The third-order valence-corrected chi connectivity index (χ3v) is 4.37. The minimum atomic E-state index is 0.384. The molecular weight excluding hydrogens is 226 g/mol. The maximum absolute atomic E-state index is 3.55. The van der Waals surface area contributed by atoms with E-state index < -0.39 is 0 Å². The van der Waals surface area contributed by atoms with E-state index in [0.29, 0.717) is 11.5 Å². The van der Waals surface area contributed by atoms with E-state index >= 15 is 0 Å². The first-order valence-corrected chi connectivity index (χ1v) is 7.41. The van der Waals surface area contributed by atoms with Gasteiger partial charge in [0.15, 0.2) is 0 Å². The summed E-state index contributed by atoms with van der Waals surface area (Å²) in [5, 5.41) is 3.55. The fourth-order valence-corrected chi connectivity index (χ4v) is 3.01. The highest BCUT2D eigenvalue weighted by atomic mass is 32.1. The van der Waals surface area contributed by atoms with E-state index in [1.54, 1.807) is 4.88 Å². The molecule has 0 radical (unpaired) electrons. The van der Waals surface area contributed by atoms with Crippen LogP contribution in [0, 0.1) is 19.3 Å². The Kier molecular flexibility index (Phi) is 5.21. The largest absolute Gasteiger partial charge is 0.314 e. The molecule has 0 amide bonds. The summed E-state index contributed by atoms with van der Waals surface area (Å²) in [6, 6.07) is 2.89. The van der Waals surface area contributed by atoms with Crippen LogP contribution in [0.5, 0.6) is 0 Å². The highest BCUT2D eigenvalue weighted by molar-refractivity contribution is 7.12. The minimum absolute atomic E-state index is 0.384. The van der Waals surface area contributed by atoms with Gasteiger partial charge in [0, 0.05) is 22.3 Å². The van der Waals surface area contributed by atoms with E-state index in [1.165, 1.54) is 23.3 Å². The zero-order chi connectivity index (χ0) is 13.1. The number of aryl methyl sites for hydroxylation is 3. The Morgan fingerprint density at radius 3 is 2.41 bits per heavy atom. The van der Waals surface area contributed by atoms with Crippen LogP contribution in [0.2, 0.25) is 0 Å². The van der Waals surface area contributed by atoms with Crippen LogP contribution in [0.25, 0.3) is 0 Å². The standard InChI is InChI=1S/C15H27NS/c1-11(2)16-10-15(5,6)8-7-14-12(3)9-13(4)17-14/h9,11,16H,7-8,10H2,1-6H3. The van der Waals surface area contributed by atoms with Crippen LogP contribution in [0.4, 0.5) is 0 Å². The first-order chi connectivity index (χ1) is 7.80. The van der Waals surface area contributed by atoms with Gasteiger partial charge in [0.1, 0.15) is 0 Å². The van der Waals surface area contributed by atoms with E-state index in [1.807, 2.05) is 11.3 Å². The summed E-state index contributed by atoms with van der Waals surface area (Å²) in [5.74, 6) is 0. The van der Waals surface area contributed by atoms with Crippen molar-refractivity contribution in [2.75, 3.05) is 6.54 Å².